The number of fused-ring (bicyclic) bond motifs is 1. The molecule has 27 heavy (non-hydrogen) atoms. The van der Waals surface area contributed by atoms with Crippen LogP contribution in [0.3, 0.4) is 0 Å². The van der Waals surface area contributed by atoms with E-state index in [0.29, 0.717) is 21.3 Å². The van der Waals surface area contributed by atoms with Crippen LogP contribution < -0.4 is 5.32 Å². The first kappa shape index (κ1) is 18.3. The van der Waals surface area contributed by atoms with Gasteiger partial charge in [-0.05, 0) is 29.8 Å². The molecule has 138 valence electrons. The summed E-state index contributed by atoms with van der Waals surface area (Å²) < 4.78 is 28.2. The van der Waals surface area contributed by atoms with Gasteiger partial charge in [-0.1, -0.05) is 71.7 Å². The van der Waals surface area contributed by atoms with E-state index in [1.54, 1.807) is 36.4 Å². The molecule has 3 aromatic carbocycles. The van der Waals surface area contributed by atoms with Crippen molar-refractivity contribution >= 4 is 38.9 Å². The second-order valence-corrected chi connectivity index (χ2v) is 8.88. The van der Waals surface area contributed by atoms with E-state index in [2.05, 4.69) is 5.32 Å². The number of hydrogen-bond donors (Lipinski definition) is 1. The maximum Gasteiger partial charge on any atom is 0.247 e. The van der Waals surface area contributed by atoms with Gasteiger partial charge in [0.2, 0.25) is 10.0 Å². The van der Waals surface area contributed by atoms with Crippen molar-refractivity contribution in [1.82, 2.24) is 4.31 Å². The third kappa shape index (κ3) is 3.32. The van der Waals surface area contributed by atoms with Crippen LogP contribution in [0.15, 0.2) is 77.7 Å². The van der Waals surface area contributed by atoms with Gasteiger partial charge in [0.25, 0.3) is 0 Å². The minimum Gasteiger partial charge on any atom is -0.364 e. The molecule has 0 radical (unpaired) electrons. The fraction of sp³-hybridized carbons (Fsp3) is 0.100. The van der Waals surface area contributed by atoms with E-state index in [4.69, 9.17) is 23.2 Å². The smallest absolute Gasteiger partial charge is 0.247 e. The normalized spacial score (nSPS) is 18.5. The van der Waals surface area contributed by atoms with Gasteiger partial charge in [-0.15, -0.1) is 0 Å². The van der Waals surface area contributed by atoms with Crippen LogP contribution in [0.5, 0.6) is 0 Å². The summed E-state index contributed by atoms with van der Waals surface area (Å²) >= 11 is 12.7. The van der Waals surface area contributed by atoms with E-state index in [1.165, 1.54) is 4.31 Å². The maximum absolute atomic E-state index is 13.4. The minimum atomic E-state index is -3.76. The monoisotopic (exact) mass is 418 g/mol. The minimum absolute atomic E-state index is 0.124. The average molecular weight is 419 g/mol. The van der Waals surface area contributed by atoms with Crippen LogP contribution in [-0.2, 0) is 16.6 Å². The van der Waals surface area contributed by atoms with Gasteiger partial charge >= 0.3 is 0 Å². The van der Waals surface area contributed by atoms with E-state index in [9.17, 15) is 8.42 Å². The van der Waals surface area contributed by atoms with Gasteiger partial charge in [0.05, 0.1) is 5.69 Å². The molecule has 0 saturated carbocycles. The first-order valence-corrected chi connectivity index (χ1v) is 10.5. The average Bonchev–Trinajstić information content (AvgIpc) is 2.66. The third-order valence-corrected chi connectivity index (χ3v) is 7.12. The van der Waals surface area contributed by atoms with E-state index >= 15 is 0 Å². The first-order valence-electron chi connectivity index (χ1n) is 8.34. The van der Waals surface area contributed by atoms with Crippen LogP contribution in [-0.4, -0.2) is 12.7 Å². The van der Waals surface area contributed by atoms with Crippen molar-refractivity contribution < 1.29 is 8.42 Å². The molecule has 0 saturated heterocycles. The van der Waals surface area contributed by atoms with Crippen molar-refractivity contribution in [3.63, 3.8) is 0 Å². The Morgan fingerprint density at radius 1 is 0.852 bits per heavy atom. The molecule has 3 aromatic rings. The number of hydrogen-bond acceptors (Lipinski definition) is 3. The van der Waals surface area contributed by atoms with Crippen LogP contribution in [0.2, 0.25) is 10.0 Å². The van der Waals surface area contributed by atoms with Crippen molar-refractivity contribution in [3.8, 4) is 0 Å². The molecule has 1 atom stereocenters. The number of sulfonamides is 1. The highest BCUT2D eigenvalue weighted by molar-refractivity contribution is 7.89. The highest BCUT2D eigenvalue weighted by Crippen LogP contribution is 2.41. The SMILES string of the molecule is O=S1(=O)c2ccccc2N[C@@H](c2ccccc2Cl)N1Cc1ccccc1Cl. The third-order valence-electron chi connectivity index (χ3n) is 4.54. The van der Waals surface area contributed by atoms with Crippen molar-refractivity contribution in [3.05, 3.63) is 94.0 Å². The number of para-hydroxylation sites is 1. The highest BCUT2D eigenvalue weighted by atomic mass is 35.5. The van der Waals surface area contributed by atoms with E-state index in [1.807, 2.05) is 36.4 Å². The fourth-order valence-electron chi connectivity index (χ4n) is 3.20. The summed E-state index contributed by atoms with van der Waals surface area (Å²) in [6, 6.07) is 21.3. The number of rotatable bonds is 3. The molecule has 0 amide bonds. The van der Waals surface area contributed by atoms with Crippen LogP contribution >= 0.6 is 23.2 Å². The molecule has 1 aliphatic heterocycles. The summed E-state index contributed by atoms with van der Waals surface area (Å²) in [6.07, 6.45) is -0.644. The number of nitrogens with one attached hydrogen (secondary N) is 1. The molecule has 0 fully saturated rings. The van der Waals surface area contributed by atoms with E-state index < -0.39 is 16.2 Å². The lowest BCUT2D eigenvalue weighted by molar-refractivity contribution is 0.336. The molecule has 7 heteroatoms. The Morgan fingerprint density at radius 2 is 1.48 bits per heavy atom. The predicted molar refractivity (Wildman–Crippen MR) is 108 cm³/mol. The Bertz CT molecular complexity index is 1100. The molecule has 0 unspecified atom stereocenters. The van der Waals surface area contributed by atoms with Gasteiger partial charge in [0, 0.05) is 22.2 Å². The molecule has 4 nitrogen and oxygen atoms in total. The van der Waals surface area contributed by atoms with Crippen LogP contribution in [0.25, 0.3) is 0 Å². The van der Waals surface area contributed by atoms with Crippen LogP contribution in [0, 0.1) is 0 Å². The van der Waals surface area contributed by atoms with E-state index in [-0.39, 0.29) is 11.4 Å². The van der Waals surface area contributed by atoms with Gasteiger partial charge < -0.3 is 5.32 Å². The van der Waals surface area contributed by atoms with Gasteiger partial charge in [0.15, 0.2) is 0 Å². The predicted octanol–water partition coefficient (Wildman–Crippen LogP) is 5.31. The lowest BCUT2D eigenvalue weighted by Crippen LogP contribution is -2.42. The molecule has 0 bridgehead atoms. The Labute approximate surface area is 168 Å². The second kappa shape index (κ2) is 7.17. The second-order valence-electron chi connectivity index (χ2n) is 6.21. The molecule has 1 heterocycles. The van der Waals surface area contributed by atoms with Crippen molar-refractivity contribution in [1.29, 1.82) is 0 Å². The Hall–Kier alpha value is -2.05. The van der Waals surface area contributed by atoms with Gasteiger partial charge in [-0.3, -0.25) is 0 Å². The Morgan fingerprint density at radius 3 is 2.22 bits per heavy atom. The molecule has 1 N–H and O–H groups in total. The summed E-state index contributed by atoms with van der Waals surface area (Å²) in [6.45, 7) is 0.124. The van der Waals surface area contributed by atoms with Gasteiger partial charge in [-0.2, -0.15) is 4.31 Å². The molecule has 4 rings (SSSR count). The zero-order valence-corrected chi connectivity index (χ0v) is 16.5. The van der Waals surface area contributed by atoms with Gasteiger partial charge in [0.1, 0.15) is 11.1 Å². The zero-order chi connectivity index (χ0) is 19.0. The zero-order valence-electron chi connectivity index (χ0n) is 14.1. The molecular formula is C20H16Cl2N2O2S. The Kier molecular flexibility index (Phi) is 4.86. The quantitative estimate of drug-likeness (QED) is 0.626. The number of anilines is 1. The largest absolute Gasteiger partial charge is 0.364 e. The highest BCUT2D eigenvalue weighted by Gasteiger charge is 2.39. The molecule has 1 aliphatic rings. The summed E-state index contributed by atoms with van der Waals surface area (Å²) in [5, 5.41) is 4.33. The lowest BCUT2D eigenvalue weighted by atomic mass is 10.1. The van der Waals surface area contributed by atoms with Gasteiger partial charge in [-0.25, -0.2) is 8.42 Å². The summed E-state index contributed by atoms with van der Waals surface area (Å²) in [5.41, 5.74) is 1.96. The van der Waals surface area contributed by atoms with E-state index in [0.717, 1.165) is 5.56 Å². The summed E-state index contributed by atoms with van der Waals surface area (Å²) in [5.74, 6) is 0. The van der Waals surface area contributed by atoms with Crippen molar-refractivity contribution in [2.75, 3.05) is 5.32 Å². The summed E-state index contributed by atoms with van der Waals surface area (Å²) in [4.78, 5) is 0.236. The fourth-order valence-corrected chi connectivity index (χ4v) is 5.29. The molecule has 0 aromatic heterocycles. The molecule has 0 spiro atoms. The first-order chi connectivity index (χ1) is 13.0. The lowest BCUT2D eigenvalue weighted by Gasteiger charge is -2.37. The number of nitrogens with zero attached hydrogens (tertiary/aromatic N) is 1. The van der Waals surface area contributed by atoms with Crippen LogP contribution in [0.4, 0.5) is 5.69 Å². The summed E-state index contributed by atoms with van der Waals surface area (Å²) in [7, 11) is -3.76. The standard InChI is InChI=1S/C20H16Cl2N2O2S/c21-16-9-3-1-7-14(16)13-24-20(15-8-2-4-10-17(15)22)23-18-11-5-6-12-19(18)27(24,25)26/h1-12,20,23H,13H2/t20-/m1/s1. The van der Waals surface area contributed by atoms with Crippen molar-refractivity contribution in [2.24, 2.45) is 0 Å². The van der Waals surface area contributed by atoms with Crippen molar-refractivity contribution in [2.45, 2.75) is 17.6 Å². The Balaban J connectivity index is 1.88. The number of benzene rings is 3. The topological polar surface area (TPSA) is 49.4 Å². The molecule has 0 aliphatic carbocycles. The number of halogens is 2. The maximum atomic E-state index is 13.4. The van der Waals surface area contributed by atoms with Crippen LogP contribution in [0.1, 0.15) is 17.3 Å². The molecular weight excluding hydrogens is 403 g/mol.